The summed E-state index contributed by atoms with van der Waals surface area (Å²) < 4.78 is 62.6. The Kier molecular flexibility index (Phi) is 15.9. The first-order valence-electron chi connectivity index (χ1n) is 17.4. The molecule has 3 aliphatic heterocycles. The van der Waals surface area contributed by atoms with Crippen molar-refractivity contribution in [3.05, 3.63) is 98.7 Å². The first kappa shape index (κ1) is 46.2. The second-order valence-corrected chi connectivity index (χ2v) is 16.4. The van der Waals surface area contributed by atoms with Crippen molar-refractivity contribution in [2.24, 2.45) is 4.99 Å². The summed E-state index contributed by atoms with van der Waals surface area (Å²) in [6.45, 7) is 14.2. The zero-order valence-electron chi connectivity index (χ0n) is 32.1. The fourth-order valence-electron chi connectivity index (χ4n) is 6.55. The van der Waals surface area contributed by atoms with Crippen molar-refractivity contribution >= 4 is 85.2 Å². The number of aromatic amines is 1. The topological polar surface area (TPSA) is 253 Å². The Labute approximate surface area is 348 Å². The van der Waals surface area contributed by atoms with Crippen LogP contribution in [0.15, 0.2) is 81.2 Å². The Morgan fingerprint density at radius 2 is 1.34 bits per heavy atom. The molecule has 4 heterocycles. The molecule has 0 fully saturated rings. The second kappa shape index (κ2) is 19.3. The summed E-state index contributed by atoms with van der Waals surface area (Å²) >= 11 is 0. The summed E-state index contributed by atoms with van der Waals surface area (Å²) in [5.41, 5.74) is 8.43. The number of aromatic nitrogens is 1. The van der Waals surface area contributed by atoms with Crippen molar-refractivity contribution in [2.75, 3.05) is 24.6 Å². The number of aliphatic imine (C=N–C) groups is 1. The van der Waals surface area contributed by atoms with Crippen LogP contribution in [0.4, 0.5) is 0 Å². The van der Waals surface area contributed by atoms with Gasteiger partial charge in [0.15, 0.2) is 0 Å². The standard InChI is InChI=1S/C37H46N6O10S2.Na/c1-7-24-23(6)36(46)43-31(24)18-29-22(5)27(10-12-35(45)39-14-16-55(51,52)53)33(41-29)19-32-26(9-11-34(44)38-13-15-54(48,49)50)21(4)28(40-32)17-30-20(3)25(8-2)37(47)42-30;/h7-8,17-18,33,40H,1-2,9-16,19H2,3-6H3,(H,38,44)(H,39,45)(H,42,47)(H,43,46)(H,48,49,50)(H,51,52,53);. The van der Waals surface area contributed by atoms with Gasteiger partial charge in [0.1, 0.15) is 0 Å². The number of nitrogens with one attached hydrogen (secondary N) is 5. The first-order chi connectivity index (χ1) is 25.7. The van der Waals surface area contributed by atoms with E-state index in [2.05, 4.69) is 39.4 Å². The molecular weight excluding hydrogens is 776 g/mol. The van der Waals surface area contributed by atoms with Crippen LogP contribution in [0.3, 0.4) is 0 Å². The average Bonchev–Trinajstić information content (AvgIpc) is 3.73. The SMILES string of the molecule is C=CC1=C(C)C(=Cc2[nH]c(CC3N=C(C=C4NC(=O)C(C)=C4C=C)C(C)=C3CCC(=O)NCCS(=O)(=O)O)c(CCC(=O)NCCS(=O)(=O)O)c2C)NC1=O.[Na]. The molecule has 1 atom stereocenters. The Morgan fingerprint density at radius 3 is 1.88 bits per heavy atom. The van der Waals surface area contributed by atoms with E-state index in [1.807, 2.05) is 13.8 Å². The molecule has 16 nitrogen and oxygen atoms in total. The van der Waals surface area contributed by atoms with Crippen LogP contribution in [-0.4, -0.2) is 120 Å². The molecule has 0 aromatic carbocycles. The summed E-state index contributed by atoms with van der Waals surface area (Å²) in [6, 6.07) is -0.520. The monoisotopic (exact) mass is 821 g/mol. The summed E-state index contributed by atoms with van der Waals surface area (Å²) in [5.74, 6) is -2.68. The van der Waals surface area contributed by atoms with Crippen molar-refractivity contribution in [1.29, 1.82) is 0 Å². The summed E-state index contributed by atoms with van der Waals surface area (Å²) in [4.78, 5) is 59.0. The molecular formula is C37H46N6NaO10S2. The summed E-state index contributed by atoms with van der Waals surface area (Å²) in [6.07, 6.45) is 7.31. The number of amides is 4. The van der Waals surface area contributed by atoms with E-state index in [0.717, 1.165) is 22.3 Å². The Morgan fingerprint density at radius 1 is 0.786 bits per heavy atom. The van der Waals surface area contributed by atoms with Gasteiger partial charge in [0.25, 0.3) is 32.1 Å². The van der Waals surface area contributed by atoms with E-state index in [-0.39, 0.29) is 86.6 Å². The van der Waals surface area contributed by atoms with Crippen LogP contribution in [0.25, 0.3) is 6.08 Å². The van der Waals surface area contributed by atoms with Gasteiger partial charge in [0, 0.05) is 95.7 Å². The van der Waals surface area contributed by atoms with Crippen molar-refractivity contribution < 1.29 is 45.1 Å². The zero-order valence-corrected chi connectivity index (χ0v) is 35.7. The molecule has 0 saturated carbocycles. The summed E-state index contributed by atoms with van der Waals surface area (Å²) in [5, 5.41) is 10.7. The van der Waals surface area contributed by atoms with Crippen LogP contribution in [0, 0.1) is 6.92 Å². The molecule has 3 aliphatic rings. The smallest absolute Gasteiger partial charge is 0.266 e. The van der Waals surface area contributed by atoms with Crippen LogP contribution in [0.2, 0.25) is 0 Å². The van der Waals surface area contributed by atoms with E-state index < -0.39 is 49.6 Å². The average molecular weight is 822 g/mol. The molecule has 56 heavy (non-hydrogen) atoms. The van der Waals surface area contributed by atoms with Gasteiger partial charge < -0.3 is 26.3 Å². The second-order valence-electron chi connectivity index (χ2n) is 13.3. The van der Waals surface area contributed by atoms with E-state index in [4.69, 9.17) is 14.1 Å². The van der Waals surface area contributed by atoms with Gasteiger partial charge in [-0.2, -0.15) is 16.8 Å². The molecule has 297 valence electrons. The largest absolute Gasteiger partial charge is 0.358 e. The number of hydrogen-bond acceptors (Lipinski definition) is 9. The van der Waals surface area contributed by atoms with Gasteiger partial charge in [0.05, 0.1) is 29.0 Å². The Balaban J connectivity index is 0.00000841. The number of hydrogen-bond donors (Lipinski definition) is 7. The first-order valence-corrected chi connectivity index (χ1v) is 20.6. The van der Waals surface area contributed by atoms with Gasteiger partial charge in [-0.25, -0.2) is 0 Å². The van der Waals surface area contributed by atoms with E-state index >= 15 is 0 Å². The predicted octanol–water partition coefficient (Wildman–Crippen LogP) is 1.83. The van der Waals surface area contributed by atoms with Crippen molar-refractivity contribution in [3.63, 3.8) is 0 Å². The molecule has 1 aromatic heterocycles. The fourth-order valence-corrected chi connectivity index (χ4v) is 7.27. The van der Waals surface area contributed by atoms with Gasteiger partial charge in [-0.05, 0) is 80.5 Å². The number of rotatable bonds is 18. The van der Waals surface area contributed by atoms with E-state index in [9.17, 15) is 36.0 Å². The minimum Gasteiger partial charge on any atom is -0.358 e. The molecule has 19 heteroatoms. The molecule has 0 spiro atoms. The van der Waals surface area contributed by atoms with Gasteiger partial charge in [-0.15, -0.1) is 0 Å². The van der Waals surface area contributed by atoms with Gasteiger partial charge >= 0.3 is 0 Å². The molecule has 7 N–H and O–H groups in total. The van der Waals surface area contributed by atoms with Crippen LogP contribution in [0.5, 0.6) is 0 Å². The number of allylic oxidation sites excluding steroid dienone is 4. The normalized spacial score (nSPS) is 18.7. The predicted molar refractivity (Wildman–Crippen MR) is 213 cm³/mol. The van der Waals surface area contributed by atoms with Gasteiger partial charge in [-0.3, -0.25) is 33.3 Å². The Hall–Kier alpha value is -4.17. The van der Waals surface area contributed by atoms with Crippen LogP contribution < -0.4 is 21.3 Å². The molecule has 4 rings (SSSR count). The fraction of sp³-hybridized carbons (Fsp3) is 0.378. The molecule has 0 bridgehead atoms. The van der Waals surface area contributed by atoms with Crippen molar-refractivity contribution in [2.45, 2.75) is 65.8 Å². The van der Waals surface area contributed by atoms with Crippen molar-refractivity contribution in [3.8, 4) is 0 Å². The van der Waals surface area contributed by atoms with Crippen LogP contribution >= 0.6 is 0 Å². The molecule has 4 amide bonds. The van der Waals surface area contributed by atoms with E-state index in [1.54, 1.807) is 32.1 Å². The maximum atomic E-state index is 12.8. The van der Waals surface area contributed by atoms with Gasteiger partial charge in [0.2, 0.25) is 11.8 Å². The Bertz CT molecular complexity index is 2260. The minimum absolute atomic E-state index is 0. The number of carbonyl (C=O) groups is 4. The number of carbonyl (C=O) groups excluding carboxylic acids is 4. The molecule has 1 radical (unpaired) electrons. The number of H-pyrrole nitrogens is 1. The molecule has 0 aliphatic carbocycles. The maximum absolute atomic E-state index is 12.8. The quantitative estimate of drug-likeness (QED) is 0.0836. The van der Waals surface area contributed by atoms with Crippen molar-refractivity contribution in [1.82, 2.24) is 26.3 Å². The summed E-state index contributed by atoms with van der Waals surface area (Å²) in [7, 11) is -8.53. The van der Waals surface area contributed by atoms with Crippen LogP contribution in [0.1, 0.15) is 62.5 Å². The van der Waals surface area contributed by atoms with E-state index in [0.29, 0.717) is 50.8 Å². The third kappa shape index (κ3) is 11.9. The number of nitrogens with zero attached hydrogens (tertiary/aromatic N) is 1. The van der Waals surface area contributed by atoms with Gasteiger partial charge in [-0.1, -0.05) is 25.3 Å². The van der Waals surface area contributed by atoms with E-state index in [1.165, 1.54) is 6.08 Å². The third-order valence-corrected chi connectivity index (χ3v) is 11.1. The minimum atomic E-state index is -4.26. The molecule has 1 aromatic rings. The molecule has 0 saturated heterocycles. The third-order valence-electron chi connectivity index (χ3n) is 9.62. The maximum Gasteiger partial charge on any atom is 0.266 e. The van der Waals surface area contributed by atoms with Crippen LogP contribution in [-0.2, 0) is 52.3 Å². The molecule has 1 unspecified atom stereocenters. The zero-order chi connectivity index (χ0) is 40.8.